The van der Waals surface area contributed by atoms with Gasteiger partial charge in [-0.05, 0) is 164 Å². The maximum atomic E-state index is 12.3. The van der Waals surface area contributed by atoms with Gasteiger partial charge in [-0.3, -0.25) is 43.2 Å². The van der Waals surface area contributed by atoms with E-state index in [1.54, 1.807) is 146 Å². The summed E-state index contributed by atoms with van der Waals surface area (Å²) in [6.07, 6.45) is 1.33. The van der Waals surface area contributed by atoms with Gasteiger partial charge in [0.1, 0.15) is 11.8 Å². The molecule has 0 saturated carbocycles. The topological polar surface area (TPSA) is 541 Å². The predicted octanol–water partition coefficient (Wildman–Crippen LogP) is 15.2. The van der Waals surface area contributed by atoms with Gasteiger partial charge in [0, 0.05) is 55.7 Å². The summed E-state index contributed by atoms with van der Waals surface area (Å²) in [6.45, 7) is 12.6. The van der Waals surface area contributed by atoms with E-state index in [4.69, 9.17) is 30.6 Å². The number of carbonyl (C=O) groups is 18. The van der Waals surface area contributed by atoms with Crippen LogP contribution in [-0.2, 0) is 53.4 Å². The number of amides is 6. The number of carbonyl (C=O) groups excluding carboxylic acids is 10. The van der Waals surface area contributed by atoms with Crippen LogP contribution in [0.25, 0.3) is 5.57 Å². The molecule has 2 atom stereocenters. The first-order chi connectivity index (χ1) is 65.7. The molecule has 0 aliphatic heterocycles. The number of ketones is 4. The number of hydrogen-bond donors (Lipinski definition) is 14. The van der Waals surface area contributed by atoms with Crippen LogP contribution in [0.1, 0.15) is 247 Å². The fraction of sp³-hybridized carbons (Fsp3) is 0.132. The highest BCUT2D eigenvalue weighted by molar-refractivity contribution is 6.10. The molecule has 2 unspecified atom stereocenters. The Morgan fingerprint density at radius 2 is 0.543 bits per heavy atom. The average molecular weight is 1870 g/mol. The van der Waals surface area contributed by atoms with Crippen LogP contribution in [0.15, 0.2) is 304 Å². The van der Waals surface area contributed by atoms with Crippen molar-refractivity contribution in [2.75, 3.05) is 0 Å². The van der Waals surface area contributed by atoms with Crippen LogP contribution in [0.4, 0.5) is 0 Å². The fourth-order valence-electron chi connectivity index (χ4n) is 12.9. The largest absolute Gasteiger partial charge is 0.480 e. The third kappa shape index (κ3) is 33.2. The Kier molecular flexibility index (Phi) is 41.1. The highest BCUT2D eigenvalue weighted by Crippen LogP contribution is 2.22. The molecule has 0 radical (unpaired) electrons. The number of aromatic carboxylic acids is 6. The van der Waals surface area contributed by atoms with Crippen molar-refractivity contribution in [3.63, 3.8) is 0 Å². The number of aliphatic carboxylic acids is 2. The highest BCUT2D eigenvalue weighted by atomic mass is 16.4. The standard InChI is InChI=1S/C19H17NO5.C19H19NO4.C18H17NO3.C17H15NO5.C17H15NO4.C16H13NO5/c1-11(21)13-7-8-14(17(9-13)12(2)22)10-20-18(23)15-5-3-4-6-16(15)19(24)25;1-13(21)6-7-14-8-10-15(11-9-14)12-20-18(22)16-4-2-3-5-17(16)19(23)24;1-12(2)14-9-7-13(8-10-14)11-19-17(20)15-5-3-4-6-16(15)18(21)22;19-15(12-8-4-5-9-13(12)16(20)21)18-14(17(22)23)10-11-6-2-1-3-7-11;1-11(19)13-8-6-12(7-9-13)10-18-16(20)14-4-2-3-5-15(14)17(21)22;18-14(11-8-4-5-9-12(11)15(19)20)17-13(16(21)22)10-6-2-1-3-7-10/h3-9H,10H2,1-2H3,(H,20,23)(H,24,25);2-5,8-11H,6-7,12H2,1H3,(H,20,22)(H,23,24);3-10H,1,11H2,2H3,(H,19,20)(H,21,22);1-9,14H,10H2,(H,18,19)(H,20,21)(H,22,23);2-9H,10H2,1H3,(H,18,20)(H,21,22);1-9,13H,(H,17,18)(H,19,20)(H,21,22). The maximum absolute atomic E-state index is 12.3. The number of nitrogens with one attached hydrogen (secondary N) is 6. The van der Waals surface area contributed by atoms with E-state index >= 15 is 0 Å². The number of allylic oxidation sites excluding steroid dienone is 1. The summed E-state index contributed by atoms with van der Waals surface area (Å²) in [7, 11) is 0. The molecule has 32 heteroatoms. The second-order valence-electron chi connectivity index (χ2n) is 30.3. The third-order valence-corrected chi connectivity index (χ3v) is 20.2. The van der Waals surface area contributed by atoms with Gasteiger partial charge in [-0.15, -0.1) is 0 Å². The molecule has 706 valence electrons. The number of Topliss-reactive ketones (excluding diaryl/α,β-unsaturated/α-hetero) is 4. The van der Waals surface area contributed by atoms with Gasteiger partial charge >= 0.3 is 47.8 Å². The van der Waals surface area contributed by atoms with Crippen LogP contribution in [0.5, 0.6) is 0 Å². The second kappa shape index (κ2) is 53.2. The van der Waals surface area contributed by atoms with Crippen LogP contribution in [0.3, 0.4) is 0 Å². The monoisotopic (exact) mass is 1870 g/mol. The first kappa shape index (κ1) is 107. The minimum absolute atomic E-state index is 0.00219. The molecule has 0 aliphatic carbocycles. The first-order valence-electron chi connectivity index (χ1n) is 42.0. The Labute approximate surface area is 790 Å². The molecule has 14 N–H and O–H groups in total. The smallest absolute Gasteiger partial charge is 0.336 e. The van der Waals surface area contributed by atoms with E-state index in [9.17, 15) is 96.5 Å². The van der Waals surface area contributed by atoms with Crippen molar-refractivity contribution in [3.8, 4) is 0 Å². The maximum Gasteiger partial charge on any atom is 0.336 e. The molecule has 6 amide bonds. The Hall–Kier alpha value is -18.4. The zero-order chi connectivity index (χ0) is 101. The zero-order valence-electron chi connectivity index (χ0n) is 75.0. The molecule has 12 aromatic rings. The number of rotatable bonds is 34. The molecule has 0 heterocycles. The van der Waals surface area contributed by atoms with E-state index in [2.05, 4.69) is 38.5 Å². The lowest BCUT2D eigenvalue weighted by Crippen LogP contribution is -2.42. The van der Waals surface area contributed by atoms with Crippen molar-refractivity contribution in [2.45, 2.75) is 92.1 Å². The molecule has 0 aromatic heterocycles. The number of carboxylic acid groups (broad SMARTS) is 8. The Morgan fingerprint density at radius 3 is 0.848 bits per heavy atom. The van der Waals surface area contributed by atoms with Gasteiger partial charge < -0.3 is 77.5 Å². The van der Waals surface area contributed by atoms with E-state index in [1.165, 1.54) is 130 Å². The van der Waals surface area contributed by atoms with Crippen LogP contribution in [-0.4, -0.2) is 153 Å². The second-order valence-corrected chi connectivity index (χ2v) is 30.3. The Balaban J connectivity index is 0.000000226. The molecule has 138 heavy (non-hydrogen) atoms. The molecular formula is C106H96N6O26. The minimum atomic E-state index is -1.25. The van der Waals surface area contributed by atoms with Crippen LogP contribution in [0.2, 0.25) is 0 Å². The van der Waals surface area contributed by atoms with Crippen molar-refractivity contribution >= 4 is 112 Å². The molecule has 0 spiro atoms. The molecule has 12 rings (SSSR count). The van der Waals surface area contributed by atoms with Gasteiger partial charge in [0.05, 0.1) is 66.8 Å². The van der Waals surface area contributed by atoms with Gasteiger partial charge in [-0.25, -0.2) is 38.4 Å². The highest BCUT2D eigenvalue weighted by Gasteiger charge is 2.28. The fourth-order valence-corrected chi connectivity index (χ4v) is 12.9. The summed E-state index contributed by atoms with van der Waals surface area (Å²) in [6, 6.07) is 77.0. The van der Waals surface area contributed by atoms with E-state index in [-0.39, 0.29) is 109 Å². The summed E-state index contributed by atoms with van der Waals surface area (Å²) in [4.78, 5) is 208. The molecule has 0 saturated heterocycles. The van der Waals surface area contributed by atoms with Crippen molar-refractivity contribution in [2.24, 2.45) is 0 Å². The lowest BCUT2D eigenvalue weighted by molar-refractivity contribution is -0.140. The third-order valence-electron chi connectivity index (χ3n) is 20.2. The average Bonchev–Trinajstić information content (AvgIpc) is 0.767. The van der Waals surface area contributed by atoms with Gasteiger partial charge in [-0.1, -0.05) is 231 Å². The van der Waals surface area contributed by atoms with E-state index in [1.807, 2.05) is 55.5 Å². The minimum Gasteiger partial charge on any atom is -0.480 e. The molecule has 0 aliphatic rings. The van der Waals surface area contributed by atoms with E-state index in [0.717, 1.165) is 39.0 Å². The number of hydrogen-bond acceptors (Lipinski definition) is 18. The molecule has 12 aromatic carbocycles. The SMILES string of the molecule is C=C(C)c1ccc(CNC(=O)c2ccccc2C(=O)O)cc1.CC(=O)CCc1ccc(CNC(=O)c2ccccc2C(=O)O)cc1.CC(=O)c1ccc(CNC(=O)c2ccccc2C(=O)O)c(C(C)=O)c1.CC(=O)c1ccc(CNC(=O)c2ccccc2C(=O)O)cc1.O=C(O)c1ccccc1C(=O)NC(C(=O)O)c1ccccc1.O=C(O)c1ccccc1C(=O)NC(Cc1ccccc1)C(=O)O. The van der Waals surface area contributed by atoms with Crippen molar-refractivity contribution in [3.05, 3.63) is 432 Å². The summed E-state index contributed by atoms with van der Waals surface area (Å²) < 4.78 is 0. The van der Waals surface area contributed by atoms with E-state index < -0.39 is 95.3 Å². The summed E-state index contributed by atoms with van der Waals surface area (Å²) in [5.41, 5.74) is 8.63. The quantitative estimate of drug-likeness (QED) is 0.0167. The van der Waals surface area contributed by atoms with Gasteiger partial charge in [0.25, 0.3) is 35.4 Å². The predicted molar refractivity (Wildman–Crippen MR) is 508 cm³/mol. The number of benzene rings is 12. The van der Waals surface area contributed by atoms with Crippen molar-refractivity contribution in [1.82, 2.24) is 31.9 Å². The molecule has 0 bridgehead atoms. The molecular weight excluding hydrogens is 1770 g/mol. The zero-order valence-corrected chi connectivity index (χ0v) is 75.0. The molecule has 32 nitrogen and oxygen atoms in total. The number of aryl methyl sites for hydroxylation is 1. The lowest BCUT2D eigenvalue weighted by atomic mass is 9.99. The van der Waals surface area contributed by atoms with E-state index in [0.29, 0.717) is 53.7 Å². The van der Waals surface area contributed by atoms with Gasteiger partial charge in [-0.2, -0.15) is 0 Å². The summed E-state index contributed by atoms with van der Waals surface area (Å²) >= 11 is 0. The molecule has 0 fully saturated rings. The van der Waals surface area contributed by atoms with Crippen molar-refractivity contribution < 1.29 is 127 Å². The summed E-state index contributed by atoms with van der Waals surface area (Å²) in [5, 5.41) is 88.6. The Morgan fingerprint density at radius 1 is 0.261 bits per heavy atom. The van der Waals surface area contributed by atoms with Gasteiger partial charge in [0.2, 0.25) is 0 Å². The Bertz CT molecular complexity index is 6390. The van der Waals surface area contributed by atoms with Gasteiger partial charge in [0.15, 0.2) is 23.4 Å². The van der Waals surface area contributed by atoms with Crippen molar-refractivity contribution in [1.29, 1.82) is 0 Å². The first-order valence-corrected chi connectivity index (χ1v) is 42.0. The van der Waals surface area contributed by atoms with Crippen LogP contribution < -0.4 is 31.9 Å². The summed E-state index contributed by atoms with van der Waals surface area (Å²) in [5.74, 6) is -13.1. The van der Waals surface area contributed by atoms with Crippen LogP contribution in [0, 0.1) is 0 Å². The van der Waals surface area contributed by atoms with Crippen LogP contribution >= 0.6 is 0 Å². The lowest BCUT2D eigenvalue weighted by Gasteiger charge is -2.15. The number of carboxylic acids is 8. The normalized spacial score (nSPS) is 10.6.